The minimum atomic E-state index is -3.76. The standard InChI is InChI=1S/C22H32N2O3S/c1-4-14-5-7-19(8-6-14)28(26,27)24-22(2,3)21(25)23-20-17-10-15-9-16(12-17)13-18(20)11-15/h5-8,15-18,20,24H,4,9-13H2,1-3H3,(H,23,25). The highest BCUT2D eigenvalue weighted by molar-refractivity contribution is 7.89. The Morgan fingerprint density at radius 1 is 1.00 bits per heavy atom. The number of sulfonamides is 1. The highest BCUT2D eigenvalue weighted by atomic mass is 32.2. The molecule has 1 aromatic carbocycles. The molecule has 6 heteroatoms. The van der Waals surface area contributed by atoms with Gasteiger partial charge >= 0.3 is 0 Å². The van der Waals surface area contributed by atoms with Gasteiger partial charge in [-0.3, -0.25) is 4.79 Å². The van der Waals surface area contributed by atoms with E-state index in [0.717, 1.165) is 23.8 Å². The average molecular weight is 405 g/mol. The van der Waals surface area contributed by atoms with Crippen LogP contribution in [0.25, 0.3) is 0 Å². The van der Waals surface area contributed by atoms with Gasteiger partial charge in [-0.05, 0) is 93.7 Å². The smallest absolute Gasteiger partial charge is 0.241 e. The molecule has 0 aliphatic heterocycles. The van der Waals surface area contributed by atoms with Crippen LogP contribution in [0.2, 0.25) is 0 Å². The maximum Gasteiger partial charge on any atom is 0.241 e. The molecule has 4 saturated carbocycles. The molecule has 0 aromatic heterocycles. The van der Waals surface area contributed by atoms with Crippen LogP contribution in [0.1, 0.15) is 58.4 Å². The van der Waals surface area contributed by atoms with Gasteiger partial charge in [-0.25, -0.2) is 8.42 Å². The van der Waals surface area contributed by atoms with Gasteiger partial charge in [0, 0.05) is 6.04 Å². The molecule has 0 spiro atoms. The number of carbonyl (C=O) groups excluding carboxylic acids is 1. The SMILES string of the molecule is CCc1ccc(S(=O)(=O)NC(C)(C)C(=O)NC2C3CC4CC(C3)CC2C4)cc1. The van der Waals surface area contributed by atoms with Crippen LogP contribution in [0, 0.1) is 23.7 Å². The quantitative estimate of drug-likeness (QED) is 0.764. The first-order chi connectivity index (χ1) is 13.2. The molecule has 0 heterocycles. The van der Waals surface area contributed by atoms with Crippen molar-refractivity contribution < 1.29 is 13.2 Å². The van der Waals surface area contributed by atoms with Crippen LogP contribution in [0.15, 0.2) is 29.2 Å². The Morgan fingerprint density at radius 2 is 1.54 bits per heavy atom. The van der Waals surface area contributed by atoms with E-state index in [0.29, 0.717) is 11.8 Å². The van der Waals surface area contributed by atoms with E-state index in [9.17, 15) is 13.2 Å². The number of amides is 1. The summed E-state index contributed by atoms with van der Waals surface area (Å²) in [5.41, 5.74) is -0.116. The molecule has 4 aliphatic carbocycles. The Kier molecular flexibility index (Phi) is 5.07. The Hall–Kier alpha value is -1.40. The lowest BCUT2D eigenvalue weighted by atomic mass is 9.54. The van der Waals surface area contributed by atoms with Crippen LogP contribution in [-0.4, -0.2) is 25.9 Å². The molecule has 0 saturated heterocycles. The van der Waals surface area contributed by atoms with Gasteiger partial charge in [0.15, 0.2) is 0 Å². The fourth-order valence-corrected chi connectivity index (χ4v) is 7.21. The van der Waals surface area contributed by atoms with E-state index >= 15 is 0 Å². The second-order valence-corrected chi connectivity index (χ2v) is 11.3. The maximum absolute atomic E-state index is 13.0. The van der Waals surface area contributed by atoms with E-state index in [-0.39, 0.29) is 16.8 Å². The Labute approximate surface area is 168 Å². The number of aryl methyl sites for hydroxylation is 1. The molecule has 4 bridgehead atoms. The number of nitrogens with one attached hydrogen (secondary N) is 2. The molecule has 0 atom stereocenters. The van der Waals surface area contributed by atoms with Crippen LogP contribution in [-0.2, 0) is 21.2 Å². The fraction of sp³-hybridized carbons (Fsp3) is 0.682. The first kappa shape index (κ1) is 19.9. The van der Waals surface area contributed by atoms with Gasteiger partial charge in [-0.1, -0.05) is 19.1 Å². The van der Waals surface area contributed by atoms with Crippen molar-refractivity contribution in [3.05, 3.63) is 29.8 Å². The van der Waals surface area contributed by atoms with Crippen molar-refractivity contribution in [1.29, 1.82) is 0 Å². The van der Waals surface area contributed by atoms with Crippen molar-refractivity contribution in [1.82, 2.24) is 10.0 Å². The van der Waals surface area contributed by atoms with Gasteiger partial charge in [-0.2, -0.15) is 4.72 Å². The summed E-state index contributed by atoms with van der Waals surface area (Å²) in [5.74, 6) is 2.59. The van der Waals surface area contributed by atoms with E-state index in [4.69, 9.17) is 0 Å². The van der Waals surface area contributed by atoms with Crippen molar-refractivity contribution in [2.45, 2.75) is 75.8 Å². The molecular formula is C22H32N2O3S. The van der Waals surface area contributed by atoms with Crippen molar-refractivity contribution in [2.75, 3.05) is 0 Å². The van der Waals surface area contributed by atoms with E-state index in [1.54, 1.807) is 26.0 Å². The molecule has 1 aromatic rings. The summed E-state index contributed by atoms with van der Waals surface area (Å²) in [4.78, 5) is 13.2. The monoisotopic (exact) mass is 404 g/mol. The van der Waals surface area contributed by atoms with E-state index < -0.39 is 15.6 Å². The van der Waals surface area contributed by atoms with Crippen LogP contribution < -0.4 is 10.0 Å². The van der Waals surface area contributed by atoms with Gasteiger partial charge in [0.05, 0.1) is 4.90 Å². The normalized spacial score (nSPS) is 31.8. The summed E-state index contributed by atoms with van der Waals surface area (Å²) in [6.45, 7) is 5.33. The summed E-state index contributed by atoms with van der Waals surface area (Å²) < 4.78 is 28.2. The largest absolute Gasteiger partial charge is 0.351 e. The number of carbonyl (C=O) groups is 1. The van der Waals surface area contributed by atoms with Crippen molar-refractivity contribution in [3.63, 3.8) is 0 Å². The molecular weight excluding hydrogens is 372 g/mol. The van der Waals surface area contributed by atoms with E-state index in [1.165, 1.54) is 32.1 Å². The molecule has 4 aliphatic rings. The molecule has 0 unspecified atom stereocenters. The highest BCUT2D eigenvalue weighted by Crippen LogP contribution is 2.53. The molecule has 28 heavy (non-hydrogen) atoms. The summed E-state index contributed by atoms with van der Waals surface area (Å²) in [6.07, 6.45) is 7.09. The van der Waals surface area contributed by atoms with E-state index in [2.05, 4.69) is 10.0 Å². The first-order valence-electron chi connectivity index (χ1n) is 10.6. The zero-order chi connectivity index (χ0) is 20.1. The molecule has 2 N–H and O–H groups in total. The van der Waals surface area contributed by atoms with Crippen LogP contribution in [0.4, 0.5) is 0 Å². The van der Waals surface area contributed by atoms with Crippen LogP contribution >= 0.6 is 0 Å². The zero-order valence-electron chi connectivity index (χ0n) is 17.1. The lowest BCUT2D eigenvalue weighted by molar-refractivity contribution is -0.129. The zero-order valence-corrected chi connectivity index (χ0v) is 17.9. The summed E-state index contributed by atoms with van der Waals surface area (Å²) >= 11 is 0. The number of benzene rings is 1. The third-order valence-electron chi connectivity index (χ3n) is 7.12. The minimum Gasteiger partial charge on any atom is -0.351 e. The highest BCUT2D eigenvalue weighted by Gasteiger charge is 2.49. The van der Waals surface area contributed by atoms with Gasteiger partial charge in [0.25, 0.3) is 0 Å². The number of hydrogen-bond donors (Lipinski definition) is 2. The average Bonchev–Trinajstić information content (AvgIpc) is 2.63. The molecule has 1 amide bonds. The second-order valence-electron chi connectivity index (χ2n) is 9.66. The van der Waals surface area contributed by atoms with Crippen molar-refractivity contribution in [2.24, 2.45) is 23.7 Å². The predicted octanol–water partition coefficient (Wildman–Crippen LogP) is 3.25. The summed E-state index contributed by atoms with van der Waals surface area (Å²) in [6, 6.07) is 7.04. The van der Waals surface area contributed by atoms with E-state index in [1.807, 2.05) is 19.1 Å². The Morgan fingerprint density at radius 3 is 2.04 bits per heavy atom. The lowest BCUT2D eigenvalue weighted by Crippen LogP contribution is -2.62. The summed E-state index contributed by atoms with van der Waals surface area (Å²) in [7, 11) is -3.76. The second kappa shape index (κ2) is 7.13. The third kappa shape index (κ3) is 3.73. The molecule has 4 fully saturated rings. The molecule has 5 nitrogen and oxygen atoms in total. The minimum absolute atomic E-state index is 0.195. The summed E-state index contributed by atoms with van der Waals surface area (Å²) in [5, 5.41) is 3.23. The molecule has 154 valence electrons. The predicted molar refractivity (Wildman–Crippen MR) is 109 cm³/mol. The molecule has 0 radical (unpaired) electrons. The number of hydrogen-bond acceptors (Lipinski definition) is 3. The van der Waals surface area contributed by atoms with Gasteiger partial charge in [0.2, 0.25) is 15.9 Å². The Balaban J connectivity index is 1.44. The van der Waals surface area contributed by atoms with Gasteiger partial charge in [-0.15, -0.1) is 0 Å². The molecule has 5 rings (SSSR count). The first-order valence-corrected chi connectivity index (χ1v) is 12.1. The third-order valence-corrected chi connectivity index (χ3v) is 8.80. The van der Waals surface area contributed by atoms with Crippen molar-refractivity contribution in [3.8, 4) is 0 Å². The maximum atomic E-state index is 13.0. The van der Waals surface area contributed by atoms with Gasteiger partial charge < -0.3 is 5.32 Å². The van der Waals surface area contributed by atoms with Gasteiger partial charge in [0.1, 0.15) is 5.54 Å². The fourth-order valence-electron chi connectivity index (χ4n) is 5.84. The number of rotatable bonds is 6. The Bertz CT molecular complexity index is 817. The lowest BCUT2D eigenvalue weighted by Gasteiger charge is -2.54. The van der Waals surface area contributed by atoms with Crippen LogP contribution in [0.5, 0.6) is 0 Å². The topological polar surface area (TPSA) is 75.3 Å². The van der Waals surface area contributed by atoms with Crippen molar-refractivity contribution >= 4 is 15.9 Å². The van der Waals surface area contributed by atoms with Crippen LogP contribution in [0.3, 0.4) is 0 Å².